The highest BCUT2D eigenvalue weighted by atomic mass is 16.5. The average molecular weight is 368 g/mol. The van der Waals surface area contributed by atoms with Gasteiger partial charge in [-0.05, 0) is 24.6 Å². The normalized spacial score (nSPS) is 16.3. The molecule has 0 aliphatic carbocycles. The van der Waals surface area contributed by atoms with E-state index < -0.39 is 0 Å². The third-order valence-electron chi connectivity index (χ3n) is 4.75. The van der Waals surface area contributed by atoms with E-state index in [4.69, 9.17) is 9.47 Å². The molecule has 0 unspecified atom stereocenters. The highest BCUT2D eigenvalue weighted by molar-refractivity contribution is 5.98. The van der Waals surface area contributed by atoms with Crippen LogP contribution < -0.4 is 14.8 Å². The van der Waals surface area contributed by atoms with Gasteiger partial charge in [-0.2, -0.15) is 0 Å². The minimum absolute atomic E-state index is 0.00239. The maximum absolute atomic E-state index is 12.6. The van der Waals surface area contributed by atoms with E-state index in [0.717, 1.165) is 5.56 Å². The molecule has 142 valence electrons. The van der Waals surface area contributed by atoms with Crippen LogP contribution in [0.5, 0.6) is 11.5 Å². The zero-order chi connectivity index (χ0) is 19.4. The van der Waals surface area contributed by atoms with Gasteiger partial charge in [0.2, 0.25) is 11.8 Å². The molecule has 0 spiro atoms. The molecule has 1 N–H and O–H groups in total. The van der Waals surface area contributed by atoms with E-state index in [1.165, 1.54) is 12.7 Å². The second kappa shape index (κ2) is 8.12. The summed E-state index contributed by atoms with van der Waals surface area (Å²) in [7, 11) is 3.10. The highest BCUT2D eigenvalue weighted by Gasteiger charge is 2.34. The number of benzene rings is 2. The van der Waals surface area contributed by atoms with Crippen LogP contribution in [0.4, 0.5) is 5.69 Å². The predicted molar refractivity (Wildman–Crippen MR) is 103 cm³/mol. The molecule has 27 heavy (non-hydrogen) atoms. The number of hydrogen-bond donors (Lipinski definition) is 1. The molecule has 0 saturated carbocycles. The Bertz CT molecular complexity index is 833. The van der Waals surface area contributed by atoms with Crippen molar-refractivity contribution in [3.63, 3.8) is 0 Å². The van der Waals surface area contributed by atoms with Gasteiger partial charge in [0.15, 0.2) is 0 Å². The van der Waals surface area contributed by atoms with Crippen LogP contribution >= 0.6 is 0 Å². The number of anilines is 1. The summed E-state index contributed by atoms with van der Waals surface area (Å²) < 4.78 is 10.5. The van der Waals surface area contributed by atoms with Gasteiger partial charge in [-0.1, -0.05) is 29.8 Å². The number of aryl methyl sites for hydroxylation is 1. The number of nitrogens with zero attached hydrogens (tertiary/aromatic N) is 1. The Kier molecular flexibility index (Phi) is 5.64. The molecule has 0 radical (unpaired) electrons. The number of nitrogens with one attached hydrogen (secondary N) is 1. The fourth-order valence-corrected chi connectivity index (χ4v) is 3.15. The smallest absolute Gasteiger partial charge is 0.229 e. The summed E-state index contributed by atoms with van der Waals surface area (Å²) in [6, 6.07) is 13.3. The summed E-state index contributed by atoms with van der Waals surface area (Å²) in [6.45, 7) is 2.96. The maximum Gasteiger partial charge on any atom is 0.229 e. The second-order valence-electron chi connectivity index (χ2n) is 6.72. The number of carbonyl (C=O) groups is 2. The largest absolute Gasteiger partial charge is 0.497 e. The van der Waals surface area contributed by atoms with Crippen LogP contribution in [0.1, 0.15) is 17.5 Å². The summed E-state index contributed by atoms with van der Waals surface area (Å²) in [6.07, 6.45) is 0.218. The summed E-state index contributed by atoms with van der Waals surface area (Å²) in [5.74, 6) is 0.596. The van der Waals surface area contributed by atoms with Gasteiger partial charge >= 0.3 is 0 Å². The van der Waals surface area contributed by atoms with Crippen molar-refractivity contribution in [2.75, 3.05) is 26.1 Å². The van der Waals surface area contributed by atoms with Crippen LogP contribution in [0, 0.1) is 12.8 Å². The first-order chi connectivity index (χ1) is 13.0. The molecule has 1 aliphatic heterocycles. The Labute approximate surface area is 159 Å². The van der Waals surface area contributed by atoms with Crippen LogP contribution in [-0.4, -0.2) is 37.5 Å². The number of amides is 2. The van der Waals surface area contributed by atoms with Crippen molar-refractivity contribution in [3.05, 3.63) is 53.6 Å². The van der Waals surface area contributed by atoms with E-state index in [0.29, 0.717) is 30.3 Å². The molecule has 0 aromatic heterocycles. The summed E-state index contributed by atoms with van der Waals surface area (Å²) in [5, 5.41) is 2.87. The maximum atomic E-state index is 12.6. The number of carbonyl (C=O) groups excluding carboxylic acids is 2. The van der Waals surface area contributed by atoms with E-state index in [-0.39, 0.29) is 24.2 Å². The Morgan fingerprint density at radius 3 is 2.56 bits per heavy atom. The fourth-order valence-electron chi connectivity index (χ4n) is 3.15. The third-order valence-corrected chi connectivity index (χ3v) is 4.75. The van der Waals surface area contributed by atoms with Gasteiger partial charge in [-0.15, -0.1) is 0 Å². The molecule has 3 rings (SSSR count). The first-order valence-electron chi connectivity index (χ1n) is 8.86. The topological polar surface area (TPSA) is 67.9 Å². The zero-order valence-corrected chi connectivity index (χ0v) is 15.8. The minimum atomic E-state index is -0.380. The monoisotopic (exact) mass is 368 g/mol. The van der Waals surface area contributed by atoms with Crippen LogP contribution in [0.15, 0.2) is 42.5 Å². The summed E-state index contributed by atoms with van der Waals surface area (Å²) in [5.41, 5.74) is 2.80. The van der Waals surface area contributed by atoms with Gasteiger partial charge in [-0.3, -0.25) is 9.59 Å². The van der Waals surface area contributed by atoms with E-state index in [1.54, 1.807) is 30.2 Å². The summed E-state index contributed by atoms with van der Waals surface area (Å²) in [4.78, 5) is 26.7. The van der Waals surface area contributed by atoms with E-state index in [1.807, 2.05) is 31.2 Å². The number of rotatable bonds is 6. The first-order valence-corrected chi connectivity index (χ1v) is 8.86. The molecule has 2 amide bonds. The van der Waals surface area contributed by atoms with Gasteiger partial charge in [0.05, 0.1) is 25.8 Å². The molecular formula is C21H24N2O4. The Balaban J connectivity index is 1.64. The van der Waals surface area contributed by atoms with Crippen molar-refractivity contribution in [1.82, 2.24) is 4.90 Å². The molecule has 6 nitrogen and oxygen atoms in total. The van der Waals surface area contributed by atoms with Crippen molar-refractivity contribution >= 4 is 17.5 Å². The molecule has 1 aliphatic rings. The Morgan fingerprint density at radius 1 is 1.15 bits per heavy atom. The van der Waals surface area contributed by atoms with Crippen LogP contribution in [-0.2, 0) is 16.1 Å². The van der Waals surface area contributed by atoms with Crippen LogP contribution in [0.2, 0.25) is 0 Å². The van der Waals surface area contributed by atoms with Gasteiger partial charge in [0.25, 0.3) is 0 Å². The first kappa shape index (κ1) is 18.8. The van der Waals surface area contributed by atoms with Crippen molar-refractivity contribution in [2.24, 2.45) is 5.92 Å². The van der Waals surface area contributed by atoms with Crippen molar-refractivity contribution in [3.8, 4) is 11.5 Å². The number of methoxy groups -OCH3 is 2. The molecule has 0 bridgehead atoms. The molecule has 1 saturated heterocycles. The lowest BCUT2D eigenvalue weighted by Gasteiger charge is -2.17. The van der Waals surface area contributed by atoms with Crippen molar-refractivity contribution in [1.29, 1.82) is 0 Å². The number of hydrogen-bond acceptors (Lipinski definition) is 4. The molecule has 1 heterocycles. The molecule has 6 heteroatoms. The van der Waals surface area contributed by atoms with Crippen molar-refractivity contribution < 1.29 is 19.1 Å². The quantitative estimate of drug-likeness (QED) is 0.851. The minimum Gasteiger partial charge on any atom is -0.497 e. The van der Waals surface area contributed by atoms with Crippen LogP contribution in [0.3, 0.4) is 0 Å². The van der Waals surface area contributed by atoms with Gasteiger partial charge in [-0.25, -0.2) is 0 Å². The van der Waals surface area contributed by atoms with E-state index >= 15 is 0 Å². The van der Waals surface area contributed by atoms with Crippen LogP contribution in [0.25, 0.3) is 0 Å². The average Bonchev–Trinajstić information content (AvgIpc) is 3.04. The SMILES string of the molecule is COc1ccc(NC(=O)[C@H]2CC(=O)N(Cc3ccc(C)cc3)C2)c(OC)c1. The highest BCUT2D eigenvalue weighted by Crippen LogP contribution is 2.30. The number of ether oxygens (including phenoxy) is 2. The molecule has 1 fully saturated rings. The lowest BCUT2D eigenvalue weighted by atomic mass is 10.1. The van der Waals surface area contributed by atoms with Gasteiger partial charge in [0.1, 0.15) is 11.5 Å². The fraction of sp³-hybridized carbons (Fsp3) is 0.333. The third kappa shape index (κ3) is 4.39. The van der Waals surface area contributed by atoms with Gasteiger partial charge < -0.3 is 19.7 Å². The molecular weight excluding hydrogens is 344 g/mol. The predicted octanol–water partition coefficient (Wildman–Crippen LogP) is 3.00. The number of likely N-dealkylation sites (tertiary alicyclic amines) is 1. The Morgan fingerprint density at radius 2 is 1.89 bits per heavy atom. The summed E-state index contributed by atoms with van der Waals surface area (Å²) >= 11 is 0. The zero-order valence-electron chi connectivity index (χ0n) is 15.8. The van der Waals surface area contributed by atoms with Crippen molar-refractivity contribution in [2.45, 2.75) is 19.9 Å². The lowest BCUT2D eigenvalue weighted by molar-refractivity contribution is -0.128. The van der Waals surface area contributed by atoms with E-state index in [9.17, 15) is 9.59 Å². The van der Waals surface area contributed by atoms with E-state index in [2.05, 4.69) is 5.32 Å². The standard InChI is InChI=1S/C21H24N2O4/c1-14-4-6-15(7-5-14)12-23-13-16(10-20(23)24)21(25)22-18-9-8-17(26-2)11-19(18)27-3/h4-9,11,16H,10,12-13H2,1-3H3,(H,22,25)/t16-/m0/s1. The van der Waals surface area contributed by atoms with Gasteiger partial charge in [0, 0.05) is 25.6 Å². The lowest BCUT2D eigenvalue weighted by Crippen LogP contribution is -2.28. The Hall–Kier alpha value is -3.02. The second-order valence-corrected chi connectivity index (χ2v) is 6.72. The molecule has 2 aromatic carbocycles. The molecule has 1 atom stereocenters. The molecule has 2 aromatic rings.